The predicted octanol–water partition coefficient (Wildman–Crippen LogP) is 3.56. The molecule has 0 aromatic rings. The molecule has 0 spiro atoms. The monoisotopic (exact) mass is 385 g/mol. The molecule has 3 fully saturated rings. The van der Waals surface area contributed by atoms with Crippen LogP contribution in [0.2, 0.25) is 0 Å². The van der Waals surface area contributed by atoms with Gasteiger partial charge in [-0.2, -0.15) is 0 Å². The summed E-state index contributed by atoms with van der Waals surface area (Å²) in [6.07, 6.45) is 7.28. The molecular formula is C22H44FN3O. The van der Waals surface area contributed by atoms with E-state index >= 15 is 4.39 Å². The highest BCUT2D eigenvalue weighted by Crippen LogP contribution is 2.36. The van der Waals surface area contributed by atoms with Gasteiger partial charge in [0.25, 0.3) is 0 Å². The van der Waals surface area contributed by atoms with E-state index in [4.69, 9.17) is 4.74 Å². The number of nitrogens with zero attached hydrogens (tertiary/aromatic N) is 2. The van der Waals surface area contributed by atoms with Gasteiger partial charge >= 0.3 is 0 Å². The van der Waals surface area contributed by atoms with Crippen LogP contribution in [0.25, 0.3) is 0 Å². The first-order valence-corrected chi connectivity index (χ1v) is 11.5. The molecule has 3 heterocycles. The van der Waals surface area contributed by atoms with E-state index in [2.05, 4.69) is 15.1 Å². The van der Waals surface area contributed by atoms with E-state index in [1.54, 1.807) is 7.11 Å². The molecule has 0 bridgehead atoms. The molecule has 3 aliphatic heterocycles. The van der Waals surface area contributed by atoms with Crippen molar-refractivity contribution in [2.45, 2.75) is 64.5 Å². The largest absolute Gasteiger partial charge is 0.383 e. The average Bonchev–Trinajstić information content (AvgIpc) is 2.71. The smallest absolute Gasteiger partial charge is 0.113 e. The lowest BCUT2D eigenvalue weighted by Gasteiger charge is -2.41. The number of halogens is 1. The van der Waals surface area contributed by atoms with Crippen LogP contribution in [0.5, 0.6) is 0 Å². The van der Waals surface area contributed by atoms with Gasteiger partial charge in [0.05, 0.1) is 6.61 Å². The number of likely N-dealkylation sites (tertiary alicyclic amines) is 2. The Morgan fingerprint density at radius 2 is 1.56 bits per heavy atom. The molecule has 4 nitrogen and oxygen atoms in total. The van der Waals surface area contributed by atoms with E-state index in [0.29, 0.717) is 18.8 Å². The number of hydrogen-bond acceptors (Lipinski definition) is 4. The van der Waals surface area contributed by atoms with Gasteiger partial charge in [-0.05, 0) is 83.0 Å². The summed E-state index contributed by atoms with van der Waals surface area (Å²) in [6, 6.07) is 0. The van der Waals surface area contributed by atoms with Gasteiger partial charge in [-0.25, -0.2) is 4.39 Å². The van der Waals surface area contributed by atoms with E-state index in [9.17, 15) is 0 Å². The minimum atomic E-state index is -0.911. The van der Waals surface area contributed by atoms with Gasteiger partial charge in [0.1, 0.15) is 5.67 Å². The summed E-state index contributed by atoms with van der Waals surface area (Å²) in [4.78, 5) is 4.99. The lowest BCUT2D eigenvalue weighted by Crippen LogP contribution is -2.45. The SMILES string of the molecule is CC.COCCN1CCC(F)(CC2CCN(CC3CCNCC3)CC2)CC1. The van der Waals surface area contributed by atoms with Crippen LogP contribution in [0.4, 0.5) is 4.39 Å². The summed E-state index contributed by atoms with van der Waals surface area (Å²) < 4.78 is 20.4. The number of hydrogen-bond donors (Lipinski definition) is 1. The van der Waals surface area contributed by atoms with Crippen molar-refractivity contribution in [3.05, 3.63) is 0 Å². The molecule has 3 saturated heterocycles. The van der Waals surface area contributed by atoms with Gasteiger partial charge in [0.15, 0.2) is 0 Å². The molecule has 0 radical (unpaired) electrons. The number of nitrogens with one attached hydrogen (secondary N) is 1. The molecule has 3 rings (SSSR count). The summed E-state index contributed by atoms with van der Waals surface area (Å²) in [5, 5.41) is 3.45. The molecule has 0 unspecified atom stereocenters. The molecule has 0 saturated carbocycles. The highest BCUT2D eigenvalue weighted by molar-refractivity contribution is 4.90. The van der Waals surface area contributed by atoms with E-state index in [0.717, 1.165) is 38.6 Å². The second-order valence-corrected chi connectivity index (χ2v) is 8.63. The average molecular weight is 386 g/mol. The fourth-order valence-electron chi connectivity index (χ4n) is 4.92. The Labute approximate surface area is 167 Å². The van der Waals surface area contributed by atoms with E-state index in [-0.39, 0.29) is 0 Å². The Hall–Kier alpha value is -0.230. The molecule has 160 valence electrons. The fraction of sp³-hybridized carbons (Fsp3) is 1.00. The number of alkyl halides is 1. The molecule has 5 heteroatoms. The summed E-state index contributed by atoms with van der Waals surface area (Å²) in [5.74, 6) is 1.47. The van der Waals surface area contributed by atoms with Crippen LogP contribution in [-0.4, -0.2) is 81.5 Å². The summed E-state index contributed by atoms with van der Waals surface area (Å²) in [6.45, 7) is 13.5. The molecule has 27 heavy (non-hydrogen) atoms. The zero-order valence-electron chi connectivity index (χ0n) is 18.1. The molecule has 0 amide bonds. The maximum Gasteiger partial charge on any atom is 0.113 e. The lowest BCUT2D eigenvalue weighted by molar-refractivity contribution is 0.0173. The van der Waals surface area contributed by atoms with Crippen LogP contribution < -0.4 is 5.32 Å². The number of ether oxygens (including phenoxy) is 1. The van der Waals surface area contributed by atoms with Gasteiger partial charge in [-0.3, -0.25) is 0 Å². The minimum absolute atomic E-state index is 0.597. The summed E-state index contributed by atoms with van der Waals surface area (Å²) in [7, 11) is 1.74. The van der Waals surface area contributed by atoms with Crippen molar-refractivity contribution in [2.75, 3.05) is 66.1 Å². The Balaban J connectivity index is 0.00000126. The van der Waals surface area contributed by atoms with Gasteiger partial charge < -0.3 is 19.9 Å². The number of rotatable bonds is 7. The normalized spacial score (nSPS) is 25.8. The molecule has 0 aromatic carbocycles. The third-order valence-electron chi connectivity index (χ3n) is 6.70. The first-order chi connectivity index (χ1) is 13.2. The van der Waals surface area contributed by atoms with Crippen molar-refractivity contribution >= 4 is 0 Å². The van der Waals surface area contributed by atoms with Gasteiger partial charge in [-0.15, -0.1) is 0 Å². The molecule has 3 aliphatic rings. The molecule has 0 aliphatic carbocycles. The highest BCUT2D eigenvalue weighted by atomic mass is 19.1. The topological polar surface area (TPSA) is 27.7 Å². The maximum absolute atomic E-state index is 15.2. The zero-order chi connectivity index (χ0) is 19.5. The number of piperidine rings is 3. The maximum atomic E-state index is 15.2. The second-order valence-electron chi connectivity index (χ2n) is 8.63. The fourth-order valence-corrected chi connectivity index (χ4v) is 4.92. The summed E-state index contributed by atoms with van der Waals surface area (Å²) >= 11 is 0. The van der Waals surface area contributed by atoms with Crippen LogP contribution in [0.3, 0.4) is 0 Å². The third kappa shape index (κ3) is 7.96. The minimum Gasteiger partial charge on any atom is -0.383 e. The molecular weight excluding hydrogens is 341 g/mol. The van der Waals surface area contributed by atoms with Crippen LogP contribution in [0, 0.1) is 11.8 Å². The lowest BCUT2D eigenvalue weighted by atomic mass is 9.80. The van der Waals surface area contributed by atoms with Crippen molar-refractivity contribution in [3.63, 3.8) is 0 Å². The van der Waals surface area contributed by atoms with E-state index in [1.807, 2.05) is 13.8 Å². The van der Waals surface area contributed by atoms with Crippen molar-refractivity contribution in [1.82, 2.24) is 15.1 Å². The van der Waals surface area contributed by atoms with Crippen LogP contribution in [0.15, 0.2) is 0 Å². The second kappa shape index (κ2) is 12.4. The van der Waals surface area contributed by atoms with Gasteiger partial charge in [0.2, 0.25) is 0 Å². The van der Waals surface area contributed by atoms with E-state index in [1.165, 1.54) is 58.4 Å². The highest BCUT2D eigenvalue weighted by Gasteiger charge is 2.37. The summed E-state index contributed by atoms with van der Waals surface area (Å²) in [5.41, 5.74) is -0.911. The quantitative estimate of drug-likeness (QED) is 0.725. The van der Waals surface area contributed by atoms with Gasteiger partial charge in [-0.1, -0.05) is 13.8 Å². The van der Waals surface area contributed by atoms with E-state index < -0.39 is 5.67 Å². The first kappa shape index (κ1) is 23.1. The van der Waals surface area contributed by atoms with Crippen LogP contribution in [0.1, 0.15) is 58.8 Å². The Morgan fingerprint density at radius 1 is 0.926 bits per heavy atom. The van der Waals surface area contributed by atoms with Crippen LogP contribution in [-0.2, 0) is 4.74 Å². The Kier molecular flexibility index (Phi) is 10.6. The van der Waals surface area contributed by atoms with Crippen molar-refractivity contribution in [3.8, 4) is 0 Å². The first-order valence-electron chi connectivity index (χ1n) is 11.5. The Bertz CT molecular complexity index is 374. The Morgan fingerprint density at radius 3 is 2.15 bits per heavy atom. The predicted molar refractivity (Wildman–Crippen MR) is 112 cm³/mol. The number of methoxy groups -OCH3 is 1. The third-order valence-corrected chi connectivity index (χ3v) is 6.70. The van der Waals surface area contributed by atoms with Crippen molar-refractivity contribution in [1.29, 1.82) is 0 Å². The van der Waals surface area contributed by atoms with Gasteiger partial charge in [0, 0.05) is 33.3 Å². The zero-order valence-corrected chi connectivity index (χ0v) is 18.1. The molecule has 1 N–H and O–H groups in total. The molecule has 0 atom stereocenters. The van der Waals surface area contributed by atoms with Crippen LogP contribution >= 0.6 is 0 Å². The van der Waals surface area contributed by atoms with Crippen molar-refractivity contribution < 1.29 is 9.13 Å². The standard InChI is InChI=1S/C20H38FN3O.C2H6/c1-25-15-14-23-12-6-20(21,7-13-23)16-18-4-10-24(11-5-18)17-19-2-8-22-9-3-19;1-2/h18-19,22H,2-17H2,1H3;1-2H3. The van der Waals surface area contributed by atoms with Crippen molar-refractivity contribution in [2.24, 2.45) is 11.8 Å². The molecule has 0 aromatic heterocycles.